The van der Waals surface area contributed by atoms with Crippen LogP contribution >= 0.6 is 11.8 Å². The summed E-state index contributed by atoms with van der Waals surface area (Å²) in [6, 6.07) is 18.7. The highest BCUT2D eigenvalue weighted by Crippen LogP contribution is 2.33. The van der Waals surface area contributed by atoms with Crippen LogP contribution in [0.1, 0.15) is 37.1 Å². The van der Waals surface area contributed by atoms with Gasteiger partial charge in [0, 0.05) is 5.56 Å². The molecule has 0 N–H and O–H groups in total. The first kappa shape index (κ1) is 30.7. The molecule has 1 aliphatic rings. The predicted molar refractivity (Wildman–Crippen MR) is 157 cm³/mol. The third kappa shape index (κ3) is 7.25. The Morgan fingerprint density at radius 3 is 2.43 bits per heavy atom. The van der Waals surface area contributed by atoms with Crippen molar-refractivity contribution >= 4 is 34.6 Å². The Labute approximate surface area is 253 Å². The summed E-state index contributed by atoms with van der Waals surface area (Å²) in [5.74, 6) is -0.0289. The minimum Gasteiger partial charge on any atom is -0.444 e. The molecule has 0 saturated carbocycles. The van der Waals surface area contributed by atoms with E-state index in [2.05, 4.69) is 19.8 Å². The Bertz CT molecular complexity index is 1670. The van der Waals surface area contributed by atoms with Gasteiger partial charge < -0.3 is 9.47 Å². The number of aliphatic imine (C=N–C) groups is 1. The molecule has 0 bridgehead atoms. The average Bonchev–Trinajstić information content (AvgIpc) is 3.62. The number of thioether (sulfide) groups is 1. The summed E-state index contributed by atoms with van der Waals surface area (Å²) >= 11 is 1.11. The highest BCUT2D eigenvalue weighted by molar-refractivity contribution is 8.15. The summed E-state index contributed by atoms with van der Waals surface area (Å²) in [7, 11) is 0. The van der Waals surface area contributed by atoms with Crippen LogP contribution in [0, 0.1) is 0 Å². The van der Waals surface area contributed by atoms with E-state index < -0.39 is 25.2 Å². The van der Waals surface area contributed by atoms with Crippen molar-refractivity contribution in [3.05, 3.63) is 90.3 Å². The van der Waals surface area contributed by atoms with E-state index in [1.54, 1.807) is 24.3 Å². The van der Waals surface area contributed by atoms with E-state index in [0.29, 0.717) is 22.8 Å². The van der Waals surface area contributed by atoms with Gasteiger partial charge in [0.25, 0.3) is 0 Å². The van der Waals surface area contributed by atoms with Crippen LogP contribution in [-0.4, -0.2) is 50.7 Å². The number of amides is 2. The number of aromatic nitrogens is 3. The molecule has 0 aliphatic carbocycles. The maximum Gasteiger partial charge on any atom is 0.573 e. The first-order chi connectivity index (χ1) is 21.0. The van der Waals surface area contributed by atoms with Crippen molar-refractivity contribution in [2.45, 2.75) is 32.3 Å². The van der Waals surface area contributed by atoms with Crippen molar-refractivity contribution < 1.29 is 36.6 Å². The molecule has 1 unspecified atom stereocenters. The Hall–Kier alpha value is -4.72. The summed E-state index contributed by atoms with van der Waals surface area (Å²) in [5.41, 5.74) is 2.82. The maximum atomic E-state index is 14.9. The lowest BCUT2D eigenvalue weighted by Gasteiger charge is -2.21. The molecular formula is C30H25F4N5O4S. The molecule has 2 heterocycles. The zero-order valence-corrected chi connectivity index (χ0v) is 24.2. The number of amidine groups is 1. The fourth-order valence-electron chi connectivity index (χ4n) is 4.37. The Morgan fingerprint density at radius 2 is 1.75 bits per heavy atom. The number of ether oxygens (including phenoxy) is 2. The van der Waals surface area contributed by atoms with Gasteiger partial charge >= 0.3 is 12.5 Å². The van der Waals surface area contributed by atoms with Crippen LogP contribution in [0.5, 0.6) is 5.75 Å². The van der Waals surface area contributed by atoms with Gasteiger partial charge in [-0.15, -0.1) is 18.3 Å². The third-order valence-electron chi connectivity index (χ3n) is 6.46. The van der Waals surface area contributed by atoms with E-state index in [0.717, 1.165) is 29.5 Å². The second-order valence-electron chi connectivity index (χ2n) is 9.85. The maximum absolute atomic E-state index is 14.9. The Morgan fingerprint density at radius 1 is 1.05 bits per heavy atom. The molecule has 3 aromatic carbocycles. The molecular weight excluding hydrogens is 602 g/mol. The Balaban J connectivity index is 1.20. The van der Waals surface area contributed by atoms with Crippen molar-refractivity contribution in [1.29, 1.82) is 0 Å². The van der Waals surface area contributed by atoms with E-state index in [1.165, 1.54) is 40.2 Å². The van der Waals surface area contributed by atoms with E-state index in [1.807, 2.05) is 26.0 Å². The number of hydrogen-bond donors (Lipinski definition) is 0. The van der Waals surface area contributed by atoms with Gasteiger partial charge in [0.05, 0.1) is 17.1 Å². The van der Waals surface area contributed by atoms with Crippen LogP contribution in [0.2, 0.25) is 0 Å². The van der Waals surface area contributed by atoms with E-state index in [-0.39, 0.29) is 34.1 Å². The molecule has 1 aromatic heterocycles. The number of benzene rings is 3. The van der Waals surface area contributed by atoms with Gasteiger partial charge in [-0.3, -0.25) is 9.69 Å². The fourth-order valence-corrected chi connectivity index (χ4v) is 5.22. The molecule has 4 aromatic rings. The van der Waals surface area contributed by atoms with Gasteiger partial charge in [-0.25, -0.2) is 18.9 Å². The van der Waals surface area contributed by atoms with Crippen molar-refractivity contribution in [2.24, 2.45) is 4.99 Å². The zero-order chi connectivity index (χ0) is 31.4. The van der Waals surface area contributed by atoms with E-state index in [9.17, 15) is 27.2 Å². The fraction of sp³-hybridized carbons (Fsp3) is 0.233. The van der Waals surface area contributed by atoms with Crippen LogP contribution in [0.4, 0.5) is 28.0 Å². The summed E-state index contributed by atoms with van der Waals surface area (Å²) in [5, 5.41) is 4.49. The molecule has 5 rings (SSSR count). The van der Waals surface area contributed by atoms with Crippen LogP contribution < -0.4 is 9.64 Å². The van der Waals surface area contributed by atoms with Crippen LogP contribution in [0.25, 0.3) is 17.1 Å². The lowest BCUT2D eigenvalue weighted by molar-refractivity contribution is -0.274. The largest absolute Gasteiger partial charge is 0.573 e. The quantitative estimate of drug-likeness (QED) is 0.190. The molecule has 14 heteroatoms. The Kier molecular flexibility index (Phi) is 8.99. The van der Waals surface area contributed by atoms with Gasteiger partial charge in [0.15, 0.2) is 17.2 Å². The molecule has 2 amide bonds. The summed E-state index contributed by atoms with van der Waals surface area (Å²) < 4.78 is 62.4. The molecule has 0 spiro atoms. The number of alkyl halides is 4. The number of nitrogens with zero attached hydrogens (tertiary/aromatic N) is 5. The number of halogens is 4. The lowest BCUT2D eigenvalue weighted by Crippen LogP contribution is -2.31. The first-order valence-corrected chi connectivity index (χ1v) is 14.3. The van der Waals surface area contributed by atoms with Crippen LogP contribution in [0.3, 0.4) is 0 Å². The number of hydrogen-bond acceptors (Lipinski definition) is 7. The number of carbonyl (C=O) groups is 2. The minimum atomic E-state index is -4.79. The standard InChI is InChI=1S/C30H25F4N5O4S/c1-18(2)23-5-3-4-6-25(23)39-26(40)16-44-28(39)36-29(41)42-15-24(31)19-7-9-20(10-8-19)27-35-17-38(37-27)21-11-13-22(14-12-21)43-30(32,33)34/h3-14,17-18,24H,15-16H2,1-2H3. The van der Waals surface area contributed by atoms with E-state index >= 15 is 0 Å². The van der Waals surface area contributed by atoms with Crippen molar-refractivity contribution in [3.8, 4) is 22.8 Å². The molecule has 228 valence electrons. The zero-order valence-electron chi connectivity index (χ0n) is 23.4. The summed E-state index contributed by atoms with van der Waals surface area (Å²) in [6.07, 6.45) is -6.06. The van der Waals surface area contributed by atoms with Crippen molar-refractivity contribution in [2.75, 3.05) is 17.3 Å². The number of anilines is 1. The van der Waals surface area contributed by atoms with Crippen LogP contribution in [-0.2, 0) is 9.53 Å². The molecule has 9 nitrogen and oxygen atoms in total. The highest BCUT2D eigenvalue weighted by Gasteiger charge is 2.33. The van der Waals surface area contributed by atoms with Gasteiger partial charge in [0.2, 0.25) is 5.91 Å². The van der Waals surface area contributed by atoms with Crippen LogP contribution in [0.15, 0.2) is 84.1 Å². The molecule has 1 saturated heterocycles. The van der Waals surface area contributed by atoms with Gasteiger partial charge in [-0.2, -0.15) is 4.99 Å². The van der Waals surface area contributed by atoms with Crippen molar-refractivity contribution in [1.82, 2.24) is 14.8 Å². The SMILES string of the molecule is CC(C)c1ccccc1N1C(=O)CSC1=NC(=O)OCC(F)c1ccc(-c2ncn(-c3ccc(OC(F)(F)F)cc3)n2)cc1. The summed E-state index contributed by atoms with van der Waals surface area (Å²) in [4.78, 5) is 34.6. The van der Waals surface area contributed by atoms with Gasteiger partial charge in [-0.05, 0) is 47.4 Å². The molecule has 44 heavy (non-hydrogen) atoms. The third-order valence-corrected chi connectivity index (χ3v) is 7.39. The highest BCUT2D eigenvalue weighted by atomic mass is 32.2. The second-order valence-corrected chi connectivity index (χ2v) is 10.8. The summed E-state index contributed by atoms with van der Waals surface area (Å²) in [6.45, 7) is 3.41. The smallest absolute Gasteiger partial charge is 0.444 e. The molecule has 0 radical (unpaired) electrons. The number of carbonyl (C=O) groups excluding carboxylic acids is 2. The monoisotopic (exact) mass is 627 g/mol. The van der Waals surface area contributed by atoms with E-state index in [4.69, 9.17) is 4.74 Å². The average molecular weight is 628 g/mol. The second kappa shape index (κ2) is 12.9. The van der Waals surface area contributed by atoms with Crippen molar-refractivity contribution in [3.63, 3.8) is 0 Å². The normalized spacial score (nSPS) is 15.2. The predicted octanol–water partition coefficient (Wildman–Crippen LogP) is 7.24. The van der Waals surface area contributed by atoms with Gasteiger partial charge in [-0.1, -0.05) is 68.1 Å². The topological polar surface area (TPSA) is 98.9 Å². The van der Waals surface area contributed by atoms with Gasteiger partial charge in [0.1, 0.15) is 18.7 Å². The minimum absolute atomic E-state index is 0.118. The molecule has 1 fully saturated rings. The molecule has 1 aliphatic heterocycles. The number of para-hydroxylation sites is 1. The number of rotatable bonds is 8. The molecule has 1 atom stereocenters. The first-order valence-electron chi connectivity index (χ1n) is 13.3. The lowest BCUT2D eigenvalue weighted by atomic mass is 10.0.